The van der Waals surface area contributed by atoms with E-state index in [-0.39, 0.29) is 22.9 Å². The van der Waals surface area contributed by atoms with Crippen LogP contribution in [0.2, 0.25) is 5.02 Å². The van der Waals surface area contributed by atoms with E-state index in [1.54, 1.807) is 0 Å². The maximum atomic E-state index is 14.6. The van der Waals surface area contributed by atoms with E-state index in [2.05, 4.69) is 4.72 Å². The van der Waals surface area contributed by atoms with Gasteiger partial charge in [0.25, 0.3) is 5.92 Å². The van der Waals surface area contributed by atoms with Crippen LogP contribution < -0.4 is 9.46 Å². The molecule has 1 saturated heterocycles. The Kier molecular flexibility index (Phi) is 4.45. The van der Waals surface area contributed by atoms with E-state index in [1.165, 1.54) is 6.07 Å². The summed E-state index contributed by atoms with van der Waals surface area (Å²) in [5.41, 5.74) is -1.06. The second-order valence-electron chi connectivity index (χ2n) is 8.51. The molecule has 3 aliphatic carbocycles. The number of ether oxygens (including phenoxy) is 2. The Morgan fingerprint density at radius 3 is 2.69 bits per heavy atom. The Hall–Kier alpha value is -1.03. The lowest BCUT2D eigenvalue weighted by atomic mass is 9.89. The molecule has 1 aromatic carbocycles. The summed E-state index contributed by atoms with van der Waals surface area (Å²) in [6.45, 7) is -0.201. The van der Waals surface area contributed by atoms with Crippen molar-refractivity contribution in [2.24, 2.45) is 11.3 Å². The van der Waals surface area contributed by atoms with Crippen LogP contribution in [0.4, 0.5) is 13.2 Å². The molecule has 1 aliphatic heterocycles. The van der Waals surface area contributed by atoms with Crippen molar-refractivity contribution in [1.82, 2.24) is 4.72 Å². The molecule has 5 nitrogen and oxygen atoms in total. The zero-order chi connectivity index (χ0) is 20.6. The molecule has 160 valence electrons. The van der Waals surface area contributed by atoms with Gasteiger partial charge in [-0.05, 0) is 31.7 Å². The quantitative estimate of drug-likeness (QED) is 0.632. The number of hydrogen-bond donors (Lipinski definition) is 1. The van der Waals surface area contributed by atoms with E-state index in [0.717, 1.165) is 18.9 Å². The first-order valence-electron chi connectivity index (χ1n) is 9.82. The standard InChI is InChI=1S/C19H21ClF3NO4S/c20-12-7-11(16-17(28-16)24-29(25,26)10-4-5-10)13(21)8-14(12)27-9-18-6-2-1-3-15(18)19(18,22)23/h7-8,10,15-17,24H,1-6,9H2. The molecule has 0 aromatic heterocycles. The van der Waals surface area contributed by atoms with Crippen LogP contribution >= 0.6 is 11.6 Å². The highest BCUT2D eigenvalue weighted by Gasteiger charge is 2.80. The number of epoxide rings is 1. The molecular formula is C19H21ClF3NO4S. The van der Waals surface area contributed by atoms with Crippen LogP contribution in [0.5, 0.6) is 5.75 Å². The fourth-order valence-corrected chi connectivity index (χ4v) is 6.28. The van der Waals surface area contributed by atoms with Crippen molar-refractivity contribution in [3.8, 4) is 5.75 Å². The molecule has 4 aliphatic rings. The summed E-state index contributed by atoms with van der Waals surface area (Å²) in [6.07, 6.45) is 2.01. The fourth-order valence-electron chi connectivity index (χ4n) is 4.60. The van der Waals surface area contributed by atoms with Gasteiger partial charge in [0.05, 0.1) is 15.7 Å². The van der Waals surface area contributed by atoms with Gasteiger partial charge in [-0.1, -0.05) is 24.4 Å². The molecule has 1 heterocycles. The summed E-state index contributed by atoms with van der Waals surface area (Å²) >= 11 is 6.19. The van der Waals surface area contributed by atoms with Crippen LogP contribution in [0.3, 0.4) is 0 Å². The molecule has 29 heavy (non-hydrogen) atoms. The SMILES string of the molecule is O=S(=O)(NC1OC1c1cc(Cl)c(OCC23CCCCC2C3(F)F)cc1F)C1CC1. The zero-order valence-electron chi connectivity index (χ0n) is 15.5. The number of fused-ring (bicyclic) bond motifs is 1. The summed E-state index contributed by atoms with van der Waals surface area (Å²) in [5, 5.41) is -0.325. The second-order valence-corrected chi connectivity index (χ2v) is 10.9. The van der Waals surface area contributed by atoms with Crippen LogP contribution in [-0.4, -0.2) is 32.4 Å². The first-order chi connectivity index (χ1) is 13.7. The van der Waals surface area contributed by atoms with Crippen molar-refractivity contribution in [2.75, 3.05) is 6.61 Å². The van der Waals surface area contributed by atoms with Gasteiger partial charge in [-0.25, -0.2) is 21.6 Å². The molecule has 0 bridgehead atoms. The molecule has 0 spiro atoms. The Bertz CT molecular complexity index is 955. The minimum Gasteiger partial charge on any atom is -0.491 e. The van der Waals surface area contributed by atoms with Crippen LogP contribution in [0.1, 0.15) is 50.2 Å². The van der Waals surface area contributed by atoms with E-state index in [0.29, 0.717) is 25.7 Å². The molecule has 1 aromatic rings. The van der Waals surface area contributed by atoms with Gasteiger partial charge in [0.2, 0.25) is 10.0 Å². The van der Waals surface area contributed by atoms with Crippen molar-refractivity contribution in [3.05, 3.63) is 28.5 Å². The zero-order valence-corrected chi connectivity index (χ0v) is 17.0. The van der Waals surface area contributed by atoms with Gasteiger partial charge < -0.3 is 9.47 Å². The van der Waals surface area contributed by atoms with Gasteiger partial charge in [0.15, 0.2) is 6.23 Å². The highest BCUT2D eigenvalue weighted by atomic mass is 35.5. The maximum absolute atomic E-state index is 14.6. The normalized spacial score (nSPS) is 35.1. The average molecular weight is 452 g/mol. The molecule has 1 N–H and O–H groups in total. The lowest BCUT2D eigenvalue weighted by Crippen LogP contribution is -2.30. The lowest BCUT2D eigenvalue weighted by Gasteiger charge is -2.21. The van der Waals surface area contributed by atoms with Crippen molar-refractivity contribution >= 4 is 21.6 Å². The smallest absolute Gasteiger partial charge is 0.261 e. The maximum Gasteiger partial charge on any atom is 0.261 e. The fraction of sp³-hybridized carbons (Fsp3) is 0.684. The van der Waals surface area contributed by atoms with E-state index in [1.807, 2.05) is 0 Å². The predicted octanol–water partition coefficient (Wildman–Crippen LogP) is 4.16. The van der Waals surface area contributed by atoms with E-state index in [9.17, 15) is 21.6 Å². The summed E-state index contributed by atoms with van der Waals surface area (Å²) in [7, 11) is -3.46. The third-order valence-corrected chi connectivity index (χ3v) is 8.83. The largest absolute Gasteiger partial charge is 0.491 e. The van der Waals surface area contributed by atoms with Gasteiger partial charge >= 0.3 is 0 Å². The molecule has 10 heteroatoms. The highest BCUT2D eigenvalue weighted by Crippen LogP contribution is 2.72. The summed E-state index contributed by atoms with van der Waals surface area (Å²) in [4.78, 5) is 0. The molecule has 0 amide bonds. The third-order valence-electron chi connectivity index (χ3n) is 6.63. The molecule has 0 radical (unpaired) electrons. The average Bonchev–Trinajstić information content (AvgIpc) is 3.54. The predicted molar refractivity (Wildman–Crippen MR) is 98.9 cm³/mol. The van der Waals surface area contributed by atoms with Gasteiger partial charge in [-0.15, -0.1) is 0 Å². The monoisotopic (exact) mass is 451 g/mol. The minimum absolute atomic E-state index is 0.00470. The summed E-state index contributed by atoms with van der Waals surface area (Å²) in [5.74, 6) is -4.10. The van der Waals surface area contributed by atoms with Crippen LogP contribution in [0.25, 0.3) is 0 Å². The molecule has 3 saturated carbocycles. The summed E-state index contributed by atoms with van der Waals surface area (Å²) < 4.78 is 80.1. The molecule has 4 fully saturated rings. The van der Waals surface area contributed by atoms with Gasteiger partial charge in [0, 0.05) is 17.5 Å². The van der Waals surface area contributed by atoms with Crippen molar-refractivity contribution < 1.29 is 31.1 Å². The molecule has 4 unspecified atom stereocenters. The Labute approximate surface area is 171 Å². The molecule has 5 rings (SSSR count). The lowest BCUT2D eigenvalue weighted by molar-refractivity contribution is 0.0370. The number of sulfonamides is 1. The topological polar surface area (TPSA) is 67.9 Å². The van der Waals surface area contributed by atoms with Crippen molar-refractivity contribution in [3.63, 3.8) is 0 Å². The molecular weight excluding hydrogens is 431 g/mol. The second kappa shape index (κ2) is 6.48. The Morgan fingerprint density at radius 2 is 2.00 bits per heavy atom. The van der Waals surface area contributed by atoms with Gasteiger partial charge in [-0.2, -0.15) is 4.72 Å². The van der Waals surface area contributed by atoms with E-state index >= 15 is 0 Å². The van der Waals surface area contributed by atoms with Crippen molar-refractivity contribution in [2.45, 2.75) is 62.0 Å². The van der Waals surface area contributed by atoms with E-state index in [4.69, 9.17) is 21.1 Å². The number of nitrogens with one attached hydrogen (secondary N) is 1. The number of alkyl halides is 2. The number of rotatable bonds is 7. The third kappa shape index (κ3) is 3.25. The number of hydrogen-bond acceptors (Lipinski definition) is 4. The first kappa shape index (κ1) is 19.9. The molecule has 4 atom stereocenters. The van der Waals surface area contributed by atoms with Crippen LogP contribution in [0.15, 0.2) is 12.1 Å². The van der Waals surface area contributed by atoms with Gasteiger partial charge in [-0.3, -0.25) is 0 Å². The van der Waals surface area contributed by atoms with Crippen LogP contribution in [-0.2, 0) is 14.8 Å². The summed E-state index contributed by atoms with van der Waals surface area (Å²) in [6, 6.07) is 2.37. The highest BCUT2D eigenvalue weighted by molar-refractivity contribution is 7.90. The van der Waals surface area contributed by atoms with Crippen LogP contribution in [0, 0.1) is 17.2 Å². The van der Waals surface area contributed by atoms with Gasteiger partial charge in [0.1, 0.15) is 24.3 Å². The number of halogens is 4. The Balaban J connectivity index is 1.26. The number of benzene rings is 1. The minimum atomic E-state index is -3.46. The van der Waals surface area contributed by atoms with E-state index < -0.39 is 50.7 Å². The first-order valence-corrected chi connectivity index (χ1v) is 11.7. The Morgan fingerprint density at radius 1 is 1.24 bits per heavy atom. The van der Waals surface area contributed by atoms with Crippen molar-refractivity contribution in [1.29, 1.82) is 0 Å².